The van der Waals surface area contributed by atoms with Gasteiger partial charge in [-0.15, -0.1) is 0 Å². The summed E-state index contributed by atoms with van der Waals surface area (Å²) < 4.78 is 0. The van der Waals surface area contributed by atoms with Gasteiger partial charge in [0.25, 0.3) is 5.69 Å². The van der Waals surface area contributed by atoms with Crippen molar-refractivity contribution in [2.24, 2.45) is 0 Å². The van der Waals surface area contributed by atoms with Crippen LogP contribution in [-0.4, -0.2) is 52.5 Å². The third kappa shape index (κ3) is 4.55. The fourth-order valence-electron chi connectivity index (χ4n) is 5.20. The number of nitrogens with zero attached hydrogens (tertiary/aromatic N) is 6. The van der Waals surface area contributed by atoms with Crippen molar-refractivity contribution in [3.05, 3.63) is 51.2 Å². The molecule has 0 atom stereocenters. The zero-order valence-electron chi connectivity index (χ0n) is 18.7. The van der Waals surface area contributed by atoms with E-state index in [2.05, 4.69) is 14.7 Å². The van der Waals surface area contributed by atoms with E-state index in [4.69, 9.17) is 9.97 Å². The summed E-state index contributed by atoms with van der Waals surface area (Å²) in [6.07, 6.45) is 8.36. The minimum atomic E-state index is -0.320. The highest BCUT2D eigenvalue weighted by Gasteiger charge is 2.28. The molecule has 0 aliphatic carbocycles. The predicted octanol–water partition coefficient (Wildman–Crippen LogP) is 3.92. The summed E-state index contributed by atoms with van der Waals surface area (Å²) in [6.45, 7) is 6.64. The van der Waals surface area contributed by atoms with Gasteiger partial charge in [0.15, 0.2) is 0 Å². The Morgan fingerprint density at radius 3 is 2.34 bits per heavy atom. The first-order valence-corrected chi connectivity index (χ1v) is 12.0. The summed E-state index contributed by atoms with van der Waals surface area (Å²) in [7, 11) is 0. The highest BCUT2D eigenvalue weighted by molar-refractivity contribution is 5.54. The summed E-state index contributed by atoms with van der Waals surface area (Å²) in [5, 5.41) is 11.2. The van der Waals surface area contributed by atoms with Gasteiger partial charge in [0.05, 0.1) is 10.6 Å². The van der Waals surface area contributed by atoms with Crippen molar-refractivity contribution < 1.29 is 4.92 Å². The molecule has 5 rings (SSSR count). The largest absolute Gasteiger partial charge is 0.356 e. The quantitative estimate of drug-likeness (QED) is 0.519. The Balaban J connectivity index is 1.42. The lowest BCUT2D eigenvalue weighted by Crippen LogP contribution is -2.38. The molecule has 32 heavy (non-hydrogen) atoms. The predicted molar refractivity (Wildman–Crippen MR) is 125 cm³/mol. The Morgan fingerprint density at radius 2 is 1.62 bits per heavy atom. The Kier molecular flexibility index (Phi) is 6.21. The number of piperidine rings is 2. The van der Waals surface area contributed by atoms with Crippen molar-refractivity contribution >= 4 is 17.5 Å². The van der Waals surface area contributed by atoms with Gasteiger partial charge in [-0.1, -0.05) is 12.1 Å². The van der Waals surface area contributed by atoms with Crippen LogP contribution >= 0.6 is 0 Å². The Morgan fingerprint density at radius 1 is 0.906 bits per heavy atom. The maximum Gasteiger partial charge on any atom is 0.269 e. The molecule has 0 radical (unpaired) electrons. The molecular formula is C24H32N6O2. The first kappa shape index (κ1) is 21.1. The fourth-order valence-corrected chi connectivity index (χ4v) is 5.20. The van der Waals surface area contributed by atoms with Gasteiger partial charge in [-0.25, -0.2) is 4.98 Å². The molecule has 0 bridgehead atoms. The lowest BCUT2D eigenvalue weighted by Gasteiger charge is -2.36. The molecule has 2 fully saturated rings. The van der Waals surface area contributed by atoms with Crippen molar-refractivity contribution in [3.63, 3.8) is 0 Å². The molecule has 0 spiro atoms. The maximum atomic E-state index is 11.2. The van der Waals surface area contributed by atoms with Gasteiger partial charge in [-0.2, -0.15) is 4.98 Å². The van der Waals surface area contributed by atoms with Gasteiger partial charge in [0.2, 0.25) is 5.95 Å². The molecule has 0 saturated carbocycles. The number of fused-ring (bicyclic) bond motifs is 1. The number of hydrogen-bond donors (Lipinski definition) is 0. The van der Waals surface area contributed by atoms with Crippen molar-refractivity contribution in [3.8, 4) is 0 Å². The average molecular weight is 437 g/mol. The SMILES string of the molecule is O=[N+]([O-])c1cccc(CN2CCc3nc(N4CCCCC4)nc(N4CCCCC4)c3C2)c1. The third-order valence-corrected chi connectivity index (χ3v) is 6.93. The minimum absolute atomic E-state index is 0.156. The van der Waals surface area contributed by atoms with Crippen LogP contribution in [-0.2, 0) is 19.5 Å². The first-order chi connectivity index (χ1) is 15.7. The van der Waals surface area contributed by atoms with Crippen molar-refractivity contribution in [1.29, 1.82) is 0 Å². The smallest absolute Gasteiger partial charge is 0.269 e. The highest BCUT2D eigenvalue weighted by Crippen LogP contribution is 2.32. The van der Waals surface area contributed by atoms with Crippen LogP contribution in [0.4, 0.5) is 17.5 Å². The average Bonchev–Trinajstić information content (AvgIpc) is 2.84. The van der Waals surface area contributed by atoms with Gasteiger partial charge in [-0.05, 0) is 44.1 Å². The second kappa shape index (κ2) is 9.40. The zero-order chi connectivity index (χ0) is 21.9. The van der Waals surface area contributed by atoms with E-state index >= 15 is 0 Å². The number of anilines is 2. The molecule has 8 heteroatoms. The molecule has 0 N–H and O–H groups in total. The number of nitro groups is 1. The minimum Gasteiger partial charge on any atom is -0.356 e. The second-order valence-electron chi connectivity index (χ2n) is 9.26. The number of hydrogen-bond acceptors (Lipinski definition) is 7. The maximum absolute atomic E-state index is 11.2. The van der Waals surface area contributed by atoms with Crippen LogP contribution < -0.4 is 9.80 Å². The molecule has 2 aromatic rings. The van der Waals surface area contributed by atoms with Crippen LogP contribution in [0.2, 0.25) is 0 Å². The van der Waals surface area contributed by atoms with Crippen molar-refractivity contribution in [1.82, 2.24) is 14.9 Å². The summed E-state index contributed by atoms with van der Waals surface area (Å²) in [4.78, 5) is 28.2. The molecule has 0 unspecified atom stereocenters. The van der Waals surface area contributed by atoms with Crippen LogP contribution in [0.15, 0.2) is 24.3 Å². The molecule has 8 nitrogen and oxygen atoms in total. The molecule has 3 aliphatic heterocycles. The Bertz CT molecular complexity index is 969. The summed E-state index contributed by atoms with van der Waals surface area (Å²) >= 11 is 0. The van der Waals surface area contributed by atoms with Crippen LogP contribution in [0.5, 0.6) is 0 Å². The van der Waals surface area contributed by atoms with Gasteiger partial charge in [0.1, 0.15) is 5.82 Å². The molecule has 1 aromatic carbocycles. The van der Waals surface area contributed by atoms with Crippen molar-refractivity contribution in [2.75, 3.05) is 42.5 Å². The standard InChI is InChI=1S/C24H32N6O2/c31-30(32)20-9-7-8-19(16-20)17-27-15-10-22-21(18-27)23(28-11-3-1-4-12-28)26-24(25-22)29-13-5-2-6-14-29/h7-9,16H,1-6,10-15,17-18H2. The lowest BCUT2D eigenvalue weighted by molar-refractivity contribution is -0.384. The van der Waals surface area contributed by atoms with Gasteiger partial charge in [0, 0.05) is 69.9 Å². The molecule has 2 saturated heterocycles. The third-order valence-electron chi connectivity index (χ3n) is 6.93. The van der Waals surface area contributed by atoms with E-state index in [1.807, 2.05) is 6.07 Å². The van der Waals surface area contributed by atoms with Crippen LogP contribution in [0, 0.1) is 10.1 Å². The normalized spacial score (nSPS) is 19.6. The Hall–Kier alpha value is -2.74. The summed E-state index contributed by atoms with van der Waals surface area (Å²) in [5.74, 6) is 2.04. The number of aromatic nitrogens is 2. The van der Waals surface area contributed by atoms with Crippen LogP contribution in [0.25, 0.3) is 0 Å². The second-order valence-corrected chi connectivity index (χ2v) is 9.26. The monoisotopic (exact) mass is 436 g/mol. The van der Waals surface area contributed by atoms with Crippen LogP contribution in [0.3, 0.4) is 0 Å². The fraction of sp³-hybridized carbons (Fsp3) is 0.583. The summed E-state index contributed by atoms with van der Waals surface area (Å²) in [5.41, 5.74) is 3.58. The number of rotatable bonds is 5. The molecular weight excluding hydrogens is 404 g/mol. The molecule has 0 amide bonds. The number of nitro benzene ring substituents is 1. The van der Waals surface area contributed by atoms with Gasteiger partial charge >= 0.3 is 0 Å². The van der Waals surface area contributed by atoms with E-state index in [0.717, 1.165) is 63.0 Å². The van der Waals surface area contributed by atoms with E-state index < -0.39 is 0 Å². The van der Waals surface area contributed by atoms with Gasteiger partial charge < -0.3 is 9.80 Å². The number of non-ortho nitro benzene ring substituents is 1. The Labute approximate surface area is 189 Å². The molecule has 170 valence electrons. The number of benzene rings is 1. The molecule has 4 heterocycles. The molecule has 3 aliphatic rings. The first-order valence-electron chi connectivity index (χ1n) is 12.0. The summed E-state index contributed by atoms with van der Waals surface area (Å²) in [6, 6.07) is 7.00. The zero-order valence-corrected chi connectivity index (χ0v) is 18.7. The topological polar surface area (TPSA) is 78.6 Å². The van der Waals surface area contributed by atoms with Crippen molar-refractivity contribution in [2.45, 2.75) is 58.0 Å². The van der Waals surface area contributed by atoms with E-state index in [9.17, 15) is 10.1 Å². The highest BCUT2D eigenvalue weighted by atomic mass is 16.6. The lowest BCUT2D eigenvalue weighted by atomic mass is 10.0. The molecule has 1 aromatic heterocycles. The van der Waals surface area contributed by atoms with E-state index in [-0.39, 0.29) is 10.6 Å². The van der Waals surface area contributed by atoms with Gasteiger partial charge in [-0.3, -0.25) is 15.0 Å². The van der Waals surface area contributed by atoms with E-state index in [1.165, 1.54) is 49.8 Å². The van der Waals surface area contributed by atoms with Crippen LogP contribution in [0.1, 0.15) is 55.3 Å². The van der Waals surface area contributed by atoms with E-state index in [0.29, 0.717) is 6.54 Å². The van der Waals surface area contributed by atoms with E-state index in [1.54, 1.807) is 18.2 Å².